The fraction of sp³-hybridized carbons (Fsp3) is 0.467. The molecule has 0 amide bonds. The molecule has 0 aliphatic rings. The van der Waals surface area contributed by atoms with Gasteiger partial charge < -0.3 is 5.32 Å². The van der Waals surface area contributed by atoms with E-state index in [1.54, 1.807) is 12.4 Å². The summed E-state index contributed by atoms with van der Waals surface area (Å²) < 4.78 is 2.02. The van der Waals surface area contributed by atoms with Gasteiger partial charge in [0.25, 0.3) is 0 Å². The van der Waals surface area contributed by atoms with Crippen molar-refractivity contribution < 1.29 is 0 Å². The van der Waals surface area contributed by atoms with E-state index >= 15 is 0 Å². The van der Waals surface area contributed by atoms with Gasteiger partial charge in [0.05, 0.1) is 17.6 Å². The van der Waals surface area contributed by atoms with Crippen LogP contribution in [0.15, 0.2) is 30.7 Å². The van der Waals surface area contributed by atoms with Gasteiger partial charge in [-0.2, -0.15) is 5.10 Å². The van der Waals surface area contributed by atoms with Gasteiger partial charge in [0.15, 0.2) is 0 Å². The molecule has 19 heavy (non-hydrogen) atoms. The van der Waals surface area contributed by atoms with E-state index in [2.05, 4.69) is 43.1 Å². The highest BCUT2D eigenvalue weighted by molar-refractivity contribution is 5.34. The first-order valence-electron chi connectivity index (χ1n) is 6.80. The van der Waals surface area contributed by atoms with Gasteiger partial charge in [-0.25, -0.2) is 4.68 Å². The summed E-state index contributed by atoms with van der Waals surface area (Å²) in [5.41, 5.74) is 3.59. The van der Waals surface area contributed by atoms with Gasteiger partial charge in [0.2, 0.25) is 0 Å². The zero-order valence-corrected chi connectivity index (χ0v) is 12.1. The molecule has 4 nitrogen and oxygen atoms in total. The quantitative estimate of drug-likeness (QED) is 0.896. The topological polar surface area (TPSA) is 42.7 Å². The van der Waals surface area contributed by atoms with Crippen LogP contribution in [0.4, 0.5) is 0 Å². The van der Waals surface area contributed by atoms with Crippen molar-refractivity contribution in [2.24, 2.45) is 0 Å². The van der Waals surface area contributed by atoms with Crippen LogP contribution in [0.3, 0.4) is 0 Å². The van der Waals surface area contributed by atoms with E-state index in [0.717, 1.165) is 12.2 Å². The molecule has 4 heteroatoms. The van der Waals surface area contributed by atoms with Crippen molar-refractivity contribution in [1.82, 2.24) is 20.1 Å². The Kier molecular flexibility index (Phi) is 4.32. The summed E-state index contributed by atoms with van der Waals surface area (Å²) >= 11 is 0. The first-order chi connectivity index (χ1) is 9.09. The van der Waals surface area contributed by atoms with E-state index in [0.29, 0.717) is 12.0 Å². The van der Waals surface area contributed by atoms with Gasteiger partial charge in [-0.05, 0) is 18.1 Å². The first-order valence-corrected chi connectivity index (χ1v) is 6.80. The number of hydrogen-bond donors (Lipinski definition) is 1. The lowest BCUT2D eigenvalue weighted by Crippen LogP contribution is -2.22. The second-order valence-electron chi connectivity index (χ2n) is 5.36. The molecule has 0 aliphatic carbocycles. The van der Waals surface area contributed by atoms with Crippen LogP contribution in [0.2, 0.25) is 0 Å². The molecule has 0 aliphatic heterocycles. The number of rotatable bonds is 5. The van der Waals surface area contributed by atoms with Crippen molar-refractivity contribution in [3.63, 3.8) is 0 Å². The molecule has 0 saturated carbocycles. The Morgan fingerprint density at radius 2 is 1.84 bits per heavy atom. The minimum atomic E-state index is 0.430. The average Bonchev–Trinajstić information content (AvgIpc) is 2.81. The Labute approximate surface area is 114 Å². The van der Waals surface area contributed by atoms with Crippen LogP contribution in [-0.2, 0) is 6.54 Å². The van der Waals surface area contributed by atoms with E-state index in [1.807, 2.05) is 23.0 Å². The van der Waals surface area contributed by atoms with E-state index < -0.39 is 0 Å². The van der Waals surface area contributed by atoms with Crippen molar-refractivity contribution >= 4 is 0 Å². The maximum absolute atomic E-state index is 4.53. The Balaban J connectivity index is 2.35. The van der Waals surface area contributed by atoms with Crippen LogP contribution in [0, 0.1) is 0 Å². The van der Waals surface area contributed by atoms with Gasteiger partial charge in [0, 0.05) is 30.5 Å². The normalized spacial score (nSPS) is 11.5. The molecule has 0 saturated heterocycles. The fourth-order valence-electron chi connectivity index (χ4n) is 2.15. The largest absolute Gasteiger partial charge is 0.310 e. The van der Waals surface area contributed by atoms with Gasteiger partial charge >= 0.3 is 0 Å². The van der Waals surface area contributed by atoms with Crippen LogP contribution in [0.5, 0.6) is 0 Å². The van der Waals surface area contributed by atoms with Crippen molar-refractivity contribution in [2.75, 3.05) is 0 Å². The Morgan fingerprint density at radius 3 is 2.42 bits per heavy atom. The molecule has 1 N–H and O–H groups in total. The molecule has 0 aromatic carbocycles. The number of aromatic nitrogens is 3. The highest BCUT2D eigenvalue weighted by Crippen LogP contribution is 2.22. The van der Waals surface area contributed by atoms with Gasteiger partial charge in [-0.1, -0.05) is 27.7 Å². The Hall–Kier alpha value is -1.68. The zero-order chi connectivity index (χ0) is 13.8. The van der Waals surface area contributed by atoms with E-state index in [9.17, 15) is 0 Å². The van der Waals surface area contributed by atoms with E-state index in [1.165, 1.54) is 11.3 Å². The molecule has 2 heterocycles. The second-order valence-corrected chi connectivity index (χ2v) is 5.36. The van der Waals surface area contributed by atoms with Crippen LogP contribution in [-0.4, -0.2) is 20.8 Å². The lowest BCUT2D eigenvalue weighted by atomic mass is 10.1. The van der Waals surface area contributed by atoms with Crippen LogP contribution < -0.4 is 5.32 Å². The van der Waals surface area contributed by atoms with Gasteiger partial charge in [-0.3, -0.25) is 4.98 Å². The van der Waals surface area contributed by atoms with Crippen LogP contribution in [0.1, 0.15) is 44.9 Å². The molecule has 0 bridgehead atoms. The molecule has 0 fully saturated rings. The Morgan fingerprint density at radius 1 is 1.16 bits per heavy atom. The number of nitrogens with zero attached hydrogens (tertiary/aromatic N) is 3. The van der Waals surface area contributed by atoms with Crippen LogP contribution in [0.25, 0.3) is 5.69 Å². The lowest BCUT2D eigenvalue weighted by molar-refractivity contribution is 0.582. The highest BCUT2D eigenvalue weighted by Gasteiger charge is 2.15. The van der Waals surface area contributed by atoms with Crippen molar-refractivity contribution in [2.45, 2.75) is 46.2 Å². The second kappa shape index (κ2) is 5.97. The van der Waals surface area contributed by atoms with Crippen LogP contribution >= 0.6 is 0 Å². The number of nitrogens with one attached hydrogen (secondary N) is 1. The lowest BCUT2D eigenvalue weighted by Gasteiger charge is -2.14. The smallest absolute Gasteiger partial charge is 0.0679 e. The van der Waals surface area contributed by atoms with Crippen molar-refractivity contribution in [3.05, 3.63) is 42.0 Å². The molecule has 0 radical (unpaired) electrons. The highest BCUT2D eigenvalue weighted by atomic mass is 15.3. The molecule has 2 aromatic heterocycles. The summed E-state index contributed by atoms with van der Waals surface area (Å²) in [6, 6.07) is 4.45. The first kappa shape index (κ1) is 13.7. The maximum Gasteiger partial charge on any atom is 0.0679 e. The molecule has 102 valence electrons. The molecule has 0 spiro atoms. The standard InChI is InChI=1S/C15H22N4/c1-11(2)15-13(9-17-12(3)4)10-18-19(15)14-5-7-16-8-6-14/h5-8,10-12,17H,9H2,1-4H3. The predicted molar refractivity (Wildman–Crippen MR) is 77.4 cm³/mol. The fourth-order valence-corrected chi connectivity index (χ4v) is 2.15. The summed E-state index contributed by atoms with van der Waals surface area (Å²) in [5, 5.41) is 7.99. The summed E-state index contributed by atoms with van der Waals surface area (Å²) in [6.45, 7) is 9.57. The Bertz CT molecular complexity index is 514. The molecular weight excluding hydrogens is 236 g/mol. The van der Waals surface area contributed by atoms with Gasteiger partial charge in [-0.15, -0.1) is 0 Å². The number of hydrogen-bond acceptors (Lipinski definition) is 3. The number of pyridine rings is 1. The SMILES string of the molecule is CC(C)NCc1cnn(-c2ccncc2)c1C(C)C. The third-order valence-corrected chi connectivity index (χ3v) is 3.04. The predicted octanol–water partition coefficient (Wildman–Crippen LogP) is 2.89. The molecular formula is C15H22N4. The van der Waals surface area contributed by atoms with Gasteiger partial charge in [0.1, 0.15) is 0 Å². The minimum Gasteiger partial charge on any atom is -0.310 e. The maximum atomic E-state index is 4.53. The molecule has 0 atom stereocenters. The van der Waals surface area contributed by atoms with Crippen molar-refractivity contribution in [1.29, 1.82) is 0 Å². The van der Waals surface area contributed by atoms with Crippen molar-refractivity contribution in [3.8, 4) is 5.69 Å². The van der Waals surface area contributed by atoms with E-state index in [-0.39, 0.29) is 0 Å². The summed E-state index contributed by atoms with van der Waals surface area (Å²) in [6.07, 6.45) is 5.56. The summed E-state index contributed by atoms with van der Waals surface area (Å²) in [7, 11) is 0. The average molecular weight is 258 g/mol. The molecule has 2 rings (SSSR count). The monoisotopic (exact) mass is 258 g/mol. The third kappa shape index (κ3) is 3.20. The van der Waals surface area contributed by atoms with E-state index in [4.69, 9.17) is 0 Å². The third-order valence-electron chi connectivity index (χ3n) is 3.04. The summed E-state index contributed by atoms with van der Waals surface area (Å²) in [4.78, 5) is 4.06. The molecule has 0 unspecified atom stereocenters. The zero-order valence-electron chi connectivity index (χ0n) is 12.1. The minimum absolute atomic E-state index is 0.430. The summed E-state index contributed by atoms with van der Waals surface area (Å²) in [5.74, 6) is 0.430. The molecule has 2 aromatic rings.